The summed E-state index contributed by atoms with van der Waals surface area (Å²) >= 11 is 0. The minimum atomic E-state index is -0.674. The largest absolute Gasteiger partial charge is 0.385 e. The molecule has 0 fully saturated rings. The van der Waals surface area contributed by atoms with Gasteiger partial charge in [-0.05, 0) is 44.2 Å². The topological polar surface area (TPSA) is 95.3 Å². The minimum Gasteiger partial charge on any atom is -0.385 e. The molecule has 126 valence electrons. The van der Waals surface area contributed by atoms with E-state index >= 15 is 0 Å². The number of carbonyl (C=O) groups is 1. The van der Waals surface area contributed by atoms with E-state index in [-0.39, 0.29) is 5.91 Å². The number of benzene rings is 1. The second kappa shape index (κ2) is 5.71. The average Bonchev–Trinajstić information content (AvgIpc) is 3.19. The van der Waals surface area contributed by atoms with E-state index < -0.39 is 6.10 Å². The SMILES string of the molecule is Cc1cccc2nc(C(=O)Nc3ccc4nc(C(C)O)[nH]c4c3)cn12. The van der Waals surface area contributed by atoms with Crippen LogP contribution in [0.2, 0.25) is 0 Å². The van der Waals surface area contributed by atoms with Crippen LogP contribution < -0.4 is 5.32 Å². The lowest BCUT2D eigenvalue weighted by molar-refractivity contribution is 0.102. The van der Waals surface area contributed by atoms with Gasteiger partial charge in [0, 0.05) is 17.6 Å². The normalized spacial score (nSPS) is 12.6. The predicted molar refractivity (Wildman–Crippen MR) is 94.6 cm³/mol. The second-order valence-corrected chi connectivity index (χ2v) is 6.01. The molecule has 4 aromatic rings. The molecule has 25 heavy (non-hydrogen) atoms. The number of aromatic nitrogens is 4. The first-order chi connectivity index (χ1) is 12.0. The highest BCUT2D eigenvalue weighted by atomic mass is 16.3. The predicted octanol–water partition coefficient (Wildman–Crippen LogP) is 2.82. The number of H-pyrrole nitrogens is 1. The lowest BCUT2D eigenvalue weighted by Gasteiger charge is -2.02. The molecule has 0 aliphatic carbocycles. The smallest absolute Gasteiger partial charge is 0.275 e. The molecule has 1 atom stereocenters. The third-order valence-corrected chi connectivity index (χ3v) is 4.08. The number of carbonyl (C=O) groups excluding carboxylic acids is 1. The minimum absolute atomic E-state index is 0.280. The number of amides is 1. The molecule has 7 nitrogen and oxygen atoms in total. The Balaban J connectivity index is 1.63. The van der Waals surface area contributed by atoms with Crippen molar-refractivity contribution >= 4 is 28.3 Å². The first-order valence-corrected chi connectivity index (χ1v) is 7.95. The Hall–Kier alpha value is -3.19. The highest BCUT2D eigenvalue weighted by molar-refractivity contribution is 6.04. The summed E-state index contributed by atoms with van der Waals surface area (Å²) in [5.41, 5.74) is 4.21. The van der Waals surface area contributed by atoms with Crippen LogP contribution in [0.1, 0.15) is 35.0 Å². The second-order valence-electron chi connectivity index (χ2n) is 6.01. The van der Waals surface area contributed by atoms with E-state index in [0.29, 0.717) is 17.2 Å². The van der Waals surface area contributed by atoms with Crippen molar-refractivity contribution in [1.82, 2.24) is 19.4 Å². The lowest BCUT2D eigenvalue weighted by atomic mass is 10.2. The molecule has 0 radical (unpaired) electrons. The van der Waals surface area contributed by atoms with E-state index in [9.17, 15) is 9.90 Å². The number of aryl methyl sites for hydroxylation is 1. The number of anilines is 1. The van der Waals surface area contributed by atoms with E-state index in [0.717, 1.165) is 22.4 Å². The van der Waals surface area contributed by atoms with Crippen molar-refractivity contribution < 1.29 is 9.90 Å². The fourth-order valence-corrected chi connectivity index (χ4v) is 2.76. The Labute approximate surface area is 143 Å². The molecule has 4 rings (SSSR count). The summed E-state index contributed by atoms with van der Waals surface area (Å²) in [4.78, 5) is 24.2. The fraction of sp³-hybridized carbons (Fsp3) is 0.167. The third-order valence-electron chi connectivity index (χ3n) is 4.08. The molecule has 0 bridgehead atoms. The molecule has 0 aliphatic heterocycles. The van der Waals surface area contributed by atoms with Crippen LogP contribution in [0.3, 0.4) is 0 Å². The van der Waals surface area contributed by atoms with Gasteiger partial charge in [0.05, 0.1) is 11.0 Å². The van der Waals surface area contributed by atoms with E-state index in [1.807, 2.05) is 29.5 Å². The highest BCUT2D eigenvalue weighted by Crippen LogP contribution is 2.20. The lowest BCUT2D eigenvalue weighted by Crippen LogP contribution is -2.12. The summed E-state index contributed by atoms with van der Waals surface area (Å²) in [7, 11) is 0. The fourth-order valence-electron chi connectivity index (χ4n) is 2.76. The number of hydrogen-bond donors (Lipinski definition) is 3. The van der Waals surface area contributed by atoms with Gasteiger partial charge >= 0.3 is 0 Å². The molecule has 3 N–H and O–H groups in total. The molecule has 7 heteroatoms. The first-order valence-electron chi connectivity index (χ1n) is 7.95. The highest BCUT2D eigenvalue weighted by Gasteiger charge is 2.13. The van der Waals surface area contributed by atoms with Gasteiger partial charge in [-0.25, -0.2) is 9.97 Å². The maximum absolute atomic E-state index is 12.5. The number of pyridine rings is 1. The number of aromatic amines is 1. The summed E-state index contributed by atoms with van der Waals surface area (Å²) < 4.78 is 1.88. The Morgan fingerprint density at radius 3 is 2.88 bits per heavy atom. The van der Waals surface area contributed by atoms with Gasteiger partial charge in [0.2, 0.25) is 0 Å². The number of nitrogens with zero attached hydrogens (tertiary/aromatic N) is 3. The quantitative estimate of drug-likeness (QED) is 0.536. The van der Waals surface area contributed by atoms with Gasteiger partial charge in [0.25, 0.3) is 5.91 Å². The molecule has 3 aromatic heterocycles. The summed E-state index contributed by atoms with van der Waals surface area (Å²) in [6.45, 7) is 3.61. The molecule has 0 saturated heterocycles. The average molecular weight is 335 g/mol. The van der Waals surface area contributed by atoms with Gasteiger partial charge in [-0.3, -0.25) is 4.79 Å². The number of imidazole rings is 2. The van der Waals surface area contributed by atoms with E-state index in [1.54, 1.807) is 31.3 Å². The Bertz CT molecular complexity index is 1090. The summed E-state index contributed by atoms with van der Waals surface area (Å²) in [5, 5.41) is 12.4. The van der Waals surface area contributed by atoms with Gasteiger partial charge < -0.3 is 19.8 Å². The van der Waals surface area contributed by atoms with E-state index in [2.05, 4.69) is 20.3 Å². The van der Waals surface area contributed by atoms with Crippen molar-refractivity contribution in [1.29, 1.82) is 0 Å². The van der Waals surface area contributed by atoms with Gasteiger partial charge in [0.15, 0.2) is 0 Å². The summed E-state index contributed by atoms with van der Waals surface area (Å²) in [6.07, 6.45) is 1.05. The van der Waals surface area contributed by atoms with Gasteiger partial charge in [-0.15, -0.1) is 0 Å². The van der Waals surface area contributed by atoms with Gasteiger partial charge in [0.1, 0.15) is 23.3 Å². The van der Waals surface area contributed by atoms with Crippen molar-refractivity contribution in [2.75, 3.05) is 5.32 Å². The van der Waals surface area contributed by atoms with E-state index in [4.69, 9.17) is 0 Å². The Morgan fingerprint density at radius 2 is 2.12 bits per heavy atom. The number of nitrogens with one attached hydrogen (secondary N) is 2. The molecule has 1 amide bonds. The molecule has 0 spiro atoms. The molecule has 0 saturated carbocycles. The van der Waals surface area contributed by atoms with Crippen LogP contribution in [-0.4, -0.2) is 30.4 Å². The zero-order valence-corrected chi connectivity index (χ0v) is 13.8. The number of fused-ring (bicyclic) bond motifs is 2. The van der Waals surface area contributed by atoms with Crippen molar-refractivity contribution in [2.45, 2.75) is 20.0 Å². The van der Waals surface area contributed by atoms with Crippen LogP contribution in [0.5, 0.6) is 0 Å². The van der Waals surface area contributed by atoms with Gasteiger partial charge in [-0.2, -0.15) is 0 Å². The molecule has 3 heterocycles. The summed E-state index contributed by atoms with van der Waals surface area (Å²) in [5.74, 6) is 0.215. The van der Waals surface area contributed by atoms with Crippen LogP contribution in [0.4, 0.5) is 5.69 Å². The molecule has 1 unspecified atom stereocenters. The summed E-state index contributed by atoms with van der Waals surface area (Å²) in [6, 6.07) is 11.1. The van der Waals surface area contributed by atoms with Crippen molar-refractivity contribution in [3.8, 4) is 0 Å². The maximum Gasteiger partial charge on any atom is 0.275 e. The van der Waals surface area contributed by atoms with Crippen LogP contribution in [-0.2, 0) is 0 Å². The van der Waals surface area contributed by atoms with E-state index in [1.165, 1.54) is 0 Å². The van der Waals surface area contributed by atoms with Crippen molar-refractivity contribution in [3.05, 3.63) is 59.8 Å². The molecular weight excluding hydrogens is 318 g/mol. The monoisotopic (exact) mass is 335 g/mol. The van der Waals surface area contributed by atoms with Gasteiger partial charge in [-0.1, -0.05) is 6.07 Å². The molecular formula is C18H17N5O2. The maximum atomic E-state index is 12.5. The first kappa shape index (κ1) is 15.3. The Kier molecular flexibility index (Phi) is 3.51. The molecule has 1 aromatic carbocycles. The standard InChI is InChI=1S/C18H17N5O2/c1-10-4-3-5-16-20-15(9-23(10)16)18(25)19-12-6-7-13-14(8-12)22-17(21-13)11(2)24/h3-9,11,24H,1-2H3,(H,19,25)(H,21,22). The molecule has 0 aliphatic rings. The van der Waals surface area contributed by atoms with Crippen molar-refractivity contribution in [2.24, 2.45) is 0 Å². The van der Waals surface area contributed by atoms with Crippen LogP contribution in [0, 0.1) is 6.92 Å². The Morgan fingerprint density at radius 1 is 1.28 bits per heavy atom. The number of aliphatic hydroxyl groups is 1. The van der Waals surface area contributed by atoms with Crippen LogP contribution >= 0.6 is 0 Å². The number of aliphatic hydroxyl groups excluding tert-OH is 1. The zero-order valence-electron chi connectivity index (χ0n) is 13.8. The third kappa shape index (κ3) is 2.74. The van der Waals surface area contributed by atoms with Crippen LogP contribution in [0.15, 0.2) is 42.6 Å². The number of hydrogen-bond acceptors (Lipinski definition) is 4. The van der Waals surface area contributed by atoms with Crippen molar-refractivity contribution in [3.63, 3.8) is 0 Å². The number of rotatable bonds is 3. The zero-order chi connectivity index (χ0) is 17.6. The van der Waals surface area contributed by atoms with Crippen LogP contribution in [0.25, 0.3) is 16.7 Å².